The molecule has 0 unspecified atom stereocenters. The lowest BCUT2D eigenvalue weighted by atomic mass is 10.1. The molecule has 0 heterocycles. The number of rotatable bonds is 5. The SMILES string of the molecule is CC(C)NC[C@H]1CC[C@@H](Oc2ccc(F)cc2)[C@@H]1O. The molecule has 0 saturated heterocycles. The van der Waals surface area contributed by atoms with Crippen molar-refractivity contribution < 1.29 is 14.2 Å². The van der Waals surface area contributed by atoms with Gasteiger partial charge in [-0.05, 0) is 37.1 Å². The molecule has 0 amide bonds. The average Bonchev–Trinajstić information content (AvgIpc) is 2.71. The van der Waals surface area contributed by atoms with Gasteiger partial charge in [0.2, 0.25) is 0 Å². The number of aliphatic hydroxyl groups excluding tert-OH is 1. The van der Waals surface area contributed by atoms with Gasteiger partial charge < -0.3 is 15.2 Å². The molecule has 0 aliphatic heterocycles. The van der Waals surface area contributed by atoms with Crippen LogP contribution in [0.4, 0.5) is 4.39 Å². The van der Waals surface area contributed by atoms with Crippen LogP contribution in [0.3, 0.4) is 0 Å². The summed E-state index contributed by atoms with van der Waals surface area (Å²) in [4.78, 5) is 0. The van der Waals surface area contributed by atoms with Crippen molar-refractivity contribution in [1.82, 2.24) is 5.32 Å². The number of nitrogens with one attached hydrogen (secondary N) is 1. The topological polar surface area (TPSA) is 41.5 Å². The molecule has 1 aliphatic carbocycles. The van der Waals surface area contributed by atoms with Gasteiger partial charge in [0, 0.05) is 18.5 Å². The van der Waals surface area contributed by atoms with E-state index in [1.807, 2.05) is 0 Å². The van der Waals surface area contributed by atoms with Gasteiger partial charge in [-0.3, -0.25) is 0 Å². The molecule has 2 N–H and O–H groups in total. The molecule has 2 rings (SSSR count). The number of benzene rings is 1. The van der Waals surface area contributed by atoms with Crippen molar-refractivity contribution in [2.45, 2.75) is 44.9 Å². The summed E-state index contributed by atoms with van der Waals surface area (Å²) in [5.74, 6) is 0.564. The zero-order chi connectivity index (χ0) is 13.8. The summed E-state index contributed by atoms with van der Waals surface area (Å²) in [6.45, 7) is 4.99. The monoisotopic (exact) mass is 267 g/mol. The third-order valence-corrected chi connectivity index (χ3v) is 3.58. The second kappa shape index (κ2) is 6.35. The Labute approximate surface area is 113 Å². The first-order valence-corrected chi connectivity index (χ1v) is 6.90. The number of halogens is 1. The first-order valence-electron chi connectivity index (χ1n) is 6.90. The lowest BCUT2D eigenvalue weighted by molar-refractivity contribution is 0.0346. The third kappa shape index (κ3) is 3.91. The van der Waals surface area contributed by atoms with Crippen molar-refractivity contribution >= 4 is 0 Å². The fourth-order valence-electron chi connectivity index (χ4n) is 2.45. The van der Waals surface area contributed by atoms with Crippen LogP contribution in [0.1, 0.15) is 26.7 Å². The molecule has 0 aromatic heterocycles. The fourth-order valence-corrected chi connectivity index (χ4v) is 2.45. The Morgan fingerprint density at radius 2 is 2.00 bits per heavy atom. The second-order valence-corrected chi connectivity index (χ2v) is 5.50. The predicted molar refractivity (Wildman–Crippen MR) is 72.7 cm³/mol. The maximum Gasteiger partial charge on any atom is 0.125 e. The van der Waals surface area contributed by atoms with Crippen molar-refractivity contribution in [3.63, 3.8) is 0 Å². The fraction of sp³-hybridized carbons (Fsp3) is 0.600. The van der Waals surface area contributed by atoms with Crippen LogP contribution in [0.5, 0.6) is 5.75 Å². The first-order chi connectivity index (χ1) is 9.06. The van der Waals surface area contributed by atoms with Crippen LogP contribution >= 0.6 is 0 Å². The van der Waals surface area contributed by atoms with Crippen LogP contribution in [0.25, 0.3) is 0 Å². The van der Waals surface area contributed by atoms with E-state index < -0.39 is 6.10 Å². The Morgan fingerprint density at radius 3 is 2.63 bits per heavy atom. The van der Waals surface area contributed by atoms with Gasteiger partial charge in [0.25, 0.3) is 0 Å². The molecule has 1 fully saturated rings. The zero-order valence-electron chi connectivity index (χ0n) is 11.5. The standard InChI is InChI=1S/C15H22FNO2/c1-10(2)17-9-11-3-8-14(15(11)18)19-13-6-4-12(16)5-7-13/h4-7,10-11,14-15,17-18H,3,8-9H2,1-2H3/t11-,14-,15-/m1/s1. The van der Waals surface area contributed by atoms with Crippen LogP contribution in [-0.4, -0.2) is 29.9 Å². The zero-order valence-corrected chi connectivity index (χ0v) is 11.5. The van der Waals surface area contributed by atoms with E-state index in [0.717, 1.165) is 19.4 Å². The number of aliphatic hydroxyl groups is 1. The van der Waals surface area contributed by atoms with Crippen molar-refractivity contribution in [3.8, 4) is 5.75 Å². The van der Waals surface area contributed by atoms with E-state index in [1.165, 1.54) is 12.1 Å². The Balaban J connectivity index is 1.87. The molecular formula is C15H22FNO2. The van der Waals surface area contributed by atoms with Crippen LogP contribution < -0.4 is 10.1 Å². The quantitative estimate of drug-likeness (QED) is 0.860. The van der Waals surface area contributed by atoms with Crippen molar-refractivity contribution in [3.05, 3.63) is 30.1 Å². The van der Waals surface area contributed by atoms with Crippen LogP contribution in [-0.2, 0) is 0 Å². The molecule has 4 heteroatoms. The molecule has 0 radical (unpaired) electrons. The van der Waals surface area contributed by atoms with Gasteiger partial charge >= 0.3 is 0 Å². The second-order valence-electron chi connectivity index (χ2n) is 5.50. The first kappa shape index (κ1) is 14.3. The highest BCUT2D eigenvalue weighted by molar-refractivity contribution is 5.22. The minimum Gasteiger partial charge on any atom is -0.488 e. The molecule has 1 aromatic rings. The number of hydrogen-bond acceptors (Lipinski definition) is 3. The molecular weight excluding hydrogens is 245 g/mol. The largest absolute Gasteiger partial charge is 0.488 e. The maximum absolute atomic E-state index is 12.8. The van der Waals surface area contributed by atoms with Gasteiger partial charge in [-0.15, -0.1) is 0 Å². The van der Waals surface area contributed by atoms with E-state index in [0.29, 0.717) is 11.8 Å². The summed E-state index contributed by atoms with van der Waals surface area (Å²) in [6, 6.07) is 6.36. The number of hydrogen-bond donors (Lipinski definition) is 2. The molecule has 1 saturated carbocycles. The summed E-state index contributed by atoms with van der Waals surface area (Å²) >= 11 is 0. The lowest BCUT2D eigenvalue weighted by Gasteiger charge is -2.22. The molecule has 106 valence electrons. The molecule has 0 bridgehead atoms. The van der Waals surface area contributed by atoms with Gasteiger partial charge in [-0.25, -0.2) is 4.39 Å². The predicted octanol–water partition coefficient (Wildman–Crippen LogP) is 2.34. The van der Waals surface area contributed by atoms with E-state index in [2.05, 4.69) is 19.2 Å². The average molecular weight is 267 g/mol. The minimum atomic E-state index is -0.462. The van der Waals surface area contributed by atoms with Crippen molar-refractivity contribution in [2.75, 3.05) is 6.54 Å². The normalized spacial score (nSPS) is 26.9. The molecule has 1 aromatic carbocycles. The van der Waals surface area contributed by atoms with E-state index >= 15 is 0 Å². The Kier molecular flexibility index (Phi) is 4.77. The lowest BCUT2D eigenvalue weighted by Crippen LogP contribution is -2.37. The van der Waals surface area contributed by atoms with Gasteiger partial charge in [-0.2, -0.15) is 0 Å². The number of ether oxygens (including phenoxy) is 1. The molecule has 1 aliphatic rings. The minimum absolute atomic E-state index is 0.190. The van der Waals surface area contributed by atoms with Gasteiger partial charge in [0.05, 0.1) is 6.10 Å². The smallest absolute Gasteiger partial charge is 0.125 e. The highest BCUT2D eigenvalue weighted by Crippen LogP contribution is 2.29. The van der Waals surface area contributed by atoms with E-state index in [4.69, 9.17) is 4.74 Å². The Hall–Kier alpha value is -1.13. The summed E-state index contributed by atoms with van der Waals surface area (Å²) in [5.41, 5.74) is 0. The highest BCUT2D eigenvalue weighted by Gasteiger charge is 2.36. The van der Waals surface area contributed by atoms with Gasteiger partial charge in [0.1, 0.15) is 17.7 Å². The summed E-state index contributed by atoms with van der Waals surface area (Å²) < 4.78 is 18.5. The van der Waals surface area contributed by atoms with E-state index in [1.54, 1.807) is 12.1 Å². The van der Waals surface area contributed by atoms with Crippen molar-refractivity contribution in [2.24, 2.45) is 5.92 Å². The molecule has 19 heavy (non-hydrogen) atoms. The van der Waals surface area contributed by atoms with Crippen LogP contribution in [0.15, 0.2) is 24.3 Å². The van der Waals surface area contributed by atoms with Crippen molar-refractivity contribution in [1.29, 1.82) is 0 Å². The van der Waals surface area contributed by atoms with Gasteiger partial charge in [-0.1, -0.05) is 13.8 Å². The third-order valence-electron chi connectivity index (χ3n) is 3.58. The van der Waals surface area contributed by atoms with E-state index in [9.17, 15) is 9.50 Å². The van der Waals surface area contributed by atoms with Gasteiger partial charge in [0.15, 0.2) is 0 Å². The Morgan fingerprint density at radius 1 is 1.32 bits per heavy atom. The Bertz CT molecular complexity index is 394. The molecule has 3 atom stereocenters. The van der Waals surface area contributed by atoms with E-state index in [-0.39, 0.29) is 17.8 Å². The van der Waals surface area contributed by atoms with Crippen LogP contribution in [0, 0.1) is 11.7 Å². The maximum atomic E-state index is 12.8. The summed E-state index contributed by atoms with van der Waals surface area (Å²) in [5, 5.41) is 13.6. The summed E-state index contributed by atoms with van der Waals surface area (Å²) in [6.07, 6.45) is 1.14. The van der Waals surface area contributed by atoms with Crippen LogP contribution in [0.2, 0.25) is 0 Å². The highest BCUT2D eigenvalue weighted by atomic mass is 19.1. The summed E-state index contributed by atoms with van der Waals surface area (Å²) in [7, 11) is 0. The molecule has 3 nitrogen and oxygen atoms in total. The molecule has 0 spiro atoms.